The highest BCUT2D eigenvalue weighted by Gasteiger charge is 2.53. The molecule has 2 amide bonds. The highest BCUT2D eigenvalue weighted by molar-refractivity contribution is 5.74. The van der Waals surface area contributed by atoms with E-state index in [4.69, 9.17) is 4.74 Å². The molecule has 7 heteroatoms. The molecule has 4 rings (SSSR count). The Morgan fingerprint density at radius 1 is 1.48 bits per heavy atom. The van der Waals surface area contributed by atoms with Gasteiger partial charge in [0, 0.05) is 19.6 Å². The zero-order valence-corrected chi connectivity index (χ0v) is 13.7. The first-order chi connectivity index (χ1) is 11.2. The number of aromatic nitrogens is 3. The van der Waals surface area contributed by atoms with Crippen LogP contribution in [0.2, 0.25) is 0 Å². The summed E-state index contributed by atoms with van der Waals surface area (Å²) in [4.78, 5) is 14.4. The molecule has 2 aliphatic carbocycles. The van der Waals surface area contributed by atoms with Gasteiger partial charge in [-0.3, -0.25) is 0 Å². The largest absolute Gasteiger partial charge is 0.366 e. The highest BCUT2D eigenvalue weighted by atomic mass is 16.5. The van der Waals surface area contributed by atoms with Crippen molar-refractivity contribution >= 4 is 6.03 Å². The Bertz CT molecular complexity index is 579. The topological polar surface area (TPSA) is 72.3 Å². The molecule has 1 aliphatic heterocycles. The van der Waals surface area contributed by atoms with Gasteiger partial charge >= 0.3 is 6.03 Å². The maximum Gasteiger partial charge on any atom is 0.317 e. The molecule has 0 bridgehead atoms. The van der Waals surface area contributed by atoms with Gasteiger partial charge in [-0.05, 0) is 43.9 Å². The summed E-state index contributed by atoms with van der Waals surface area (Å²) >= 11 is 0. The Labute approximate surface area is 136 Å². The fourth-order valence-corrected chi connectivity index (χ4v) is 3.70. The van der Waals surface area contributed by atoms with Crippen LogP contribution in [0.15, 0.2) is 6.33 Å². The predicted octanol–water partition coefficient (Wildman–Crippen LogP) is 1.57. The summed E-state index contributed by atoms with van der Waals surface area (Å²) in [5.41, 5.74) is 0.434. The highest BCUT2D eigenvalue weighted by Crippen LogP contribution is 2.60. The third-order valence-electron chi connectivity index (χ3n) is 5.56. The molecule has 23 heavy (non-hydrogen) atoms. The molecule has 0 aromatic carbocycles. The van der Waals surface area contributed by atoms with Gasteiger partial charge in [0.1, 0.15) is 12.4 Å². The summed E-state index contributed by atoms with van der Waals surface area (Å²) in [7, 11) is 0. The lowest BCUT2D eigenvalue weighted by Crippen LogP contribution is -2.48. The molecule has 1 N–H and O–H groups in total. The van der Waals surface area contributed by atoms with Crippen LogP contribution in [0.1, 0.15) is 44.5 Å². The molecule has 1 aromatic heterocycles. The number of carbonyl (C=O) groups is 1. The molecule has 3 fully saturated rings. The quantitative estimate of drug-likeness (QED) is 0.894. The van der Waals surface area contributed by atoms with Gasteiger partial charge in [-0.15, -0.1) is 10.2 Å². The van der Waals surface area contributed by atoms with Crippen molar-refractivity contribution in [1.29, 1.82) is 0 Å². The number of carbonyl (C=O) groups excluding carboxylic acids is 1. The van der Waals surface area contributed by atoms with Crippen LogP contribution in [-0.2, 0) is 11.3 Å². The smallest absolute Gasteiger partial charge is 0.317 e. The van der Waals surface area contributed by atoms with Crippen molar-refractivity contribution in [3.05, 3.63) is 12.2 Å². The lowest BCUT2D eigenvalue weighted by molar-refractivity contribution is -0.0219. The SMILES string of the molecule is CCn1cnnc1C1CN(C(=O)NCC2(C3CC3)CC2)CCO1. The summed E-state index contributed by atoms with van der Waals surface area (Å²) in [6, 6.07) is 0.0350. The van der Waals surface area contributed by atoms with E-state index in [0.29, 0.717) is 25.1 Å². The van der Waals surface area contributed by atoms with Gasteiger partial charge in [0.05, 0.1) is 13.2 Å². The third-order valence-corrected chi connectivity index (χ3v) is 5.56. The molecule has 0 radical (unpaired) electrons. The van der Waals surface area contributed by atoms with E-state index in [1.807, 2.05) is 16.4 Å². The lowest BCUT2D eigenvalue weighted by atomic mass is 10.0. The van der Waals surface area contributed by atoms with E-state index < -0.39 is 0 Å². The van der Waals surface area contributed by atoms with Crippen LogP contribution in [0.3, 0.4) is 0 Å². The molecule has 2 saturated carbocycles. The number of amides is 2. The Kier molecular flexibility index (Phi) is 3.75. The number of morpholine rings is 1. The van der Waals surface area contributed by atoms with Crippen molar-refractivity contribution in [3.8, 4) is 0 Å². The lowest BCUT2D eigenvalue weighted by Gasteiger charge is -2.33. The predicted molar refractivity (Wildman–Crippen MR) is 83.8 cm³/mol. The van der Waals surface area contributed by atoms with Gasteiger partial charge in [0.15, 0.2) is 5.82 Å². The van der Waals surface area contributed by atoms with E-state index in [-0.39, 0.29) is 12.1 Å². The molecule has 3 aliphatic rings. The van der Waals surface area contributed by atoms with Crippen LogP contribution >= 0.6 is 0 Å². The van der Waals surface area contributed by atoms with Crippen molar-refractivity contribution in [2.24, 2.45) is 11.3 Å². The molecule has 1 aromatic rings. The summed E-state index contributed by atoms with van der Waals surface area (Å²) in [6.45, 7) is 5.41. The second-order valence-corrected chi connectivity index (χ2v) is 7.08. The van der Waals surface area contributed by atoms with Crippen molar-refractivity contribution in [1.82, 2.24) is 25.0 Å². The van der Waals surface area contributed by atoms with Gasteiger partial charge in [-0.2, -0.15) is 0 Å². The second-order valence-electron chi connectivity index (χ2n) is 7.08. The first-order valence-electron chi connectivity index (χ1n) is 8.74. The third kappa shape index (κ3) is 2.94. The molecular weight excluding hydrogens is 294 g/mol. The minimum absolute atomic E-state index is 0.0350. The Morgan fingerprint density at radius 3 is 3.00 bits per heavy atom. The van der Waals surface area contributed by atoms with Crippen LogP contribution in [0.4, 0.5) is 4.79 Å². The number of aryl methyl sites for hydroxylation is 1. The average molecular weight is 319 g/mol. The van der Waals surface area contributed by atoms with E-state index in [1.54, 1.807) is 6.33 Å². The molecule has 1 atom stereocenters. The number of hydrogen-bond donors (Lipinski definition) is 1. The number of nitrogens with one attached hydrogen (secondary N) is 1. The minimum atomic E-state index is -0.185. The first-order valence-corrected chi connectivity index (χ1v) is 8.74. The Hall–Kier alpha value is -1.63. The summed E-state index contributed by atoms with van der Waals surface area (Å²) in [5.74, 6) is 1.67. The van der Waals surface area contributed by atoms with Crippen molar-refractivity contribution < 1.29 is 9.53 Å². The molecule has 1 unspecified atom stereocenters. The van der Waals surface area contributed by atoms with Crippen molar-refractivity contribution in [3.63, 3.8) is 0 Å². The standard InChI is InChI=1S/C16H25N5O2/c1-2-20-11-18-19-14(20)13-9-21(7-8-23-13)15(22)17-10-16(5-6-16)12-3-4-12/h11-13H,2-10H2,1H3,(H,17,22). The average Bonchev–Trinajstić information content (AvgIpc) is 3.50. The molecule has 7 nitrogen and oxygen atoms in total. The monoisotopic (exact) mass is 319 g/mol. The Balaban J connectivity index is 1.34. The zero-order valence-electron chi connectivity index (χ0n) is 13.7. The normalized spacial score (nSPS) is 26.1. The van der Waals surface area contributed by atoms with Crippen LogP contribution in [0, 0.1) is 11.3 Å². The maximum absolute atomic E-state index is 12.5. The van der Waals surface area contributed by atoms with Gasteiger partial charge < -0.3 is 19.5 Å². The fourth-order valence-electron chi connectivity index (χ4n) is 3.70. The van der Waals surface area contributed by atoms with Gasteiger partial charge in [0.25, 0.3) is 0 Å². The molecule has 1 saturated heterocycles. The minimum Gasteiger partial charge on any atom is -0.366 e. The second kappa shape index (κ2) is 5.78. The van der Waals surface area contributed by atoms with Crippen LogP contribution < -0.4 is 5.32 Å². The van der Waals surface area contributed by atoms with Crippen LogP contribution in [0.25, 0.3) is 0 Å². The van der Waals surface area contributed by atoms with Crippen molar-refractivity contribution in [2.75, 3.05) is 26.2 Å². The van der Waals surface area contributed by atoms with Crippen molar-refractivity contribution in [2.45, 2.75) is 45.3 Å². The number of urea groups is 1. The van der Waals surface area contributed by atoms with Crippen LogP contribution in [0.5, 0.6) is 0 Å². The van der Waals surface area contributed by atoms with Crippen LogP contribution in [-0.4, -0.2) is 51.9 Å². The summed E-state index contributed by atoms with van der Waals surface area (Å²) in [5, 5.41) is 11.3. The number of ether oxygens (including phenoxy) is 1. The van der Waals surface area contributed by atoms with E-state index >= 15 is 0 Å². The van der Waals surface area contributed by atoms with E-state index in [9.17, 15) is 4.79 Å². The number of rotatable bonds is 5. The van der Waals surface area contributed by atoms with Gasteiger partial charge in [0.2, 0.25) is 0 Å². The molecular formula is C16H25N5O2. The Morgan fingerprint density at radius 2 is 2.30 bits per heavy atom. The molecule has 0 spiro atoms. The number of nitrogens with zero attached hydrogens (tertiary/aromatic N) is 4. The molecule has 126 valence electrons. The zero-order chi connectivity index (χ0) is 15.9. The van der Waals surface area contributed by atoms with E-state index in [0.717, 1.165) is 24.8 Å². The maximum atomic E-state index is 12.5. The number of hydrogen-bond acceptors (Lipinski definition) is 4. The van der Waals surface area contributed by atoms with Gasteiger partial charge in [-0.25, -0.2) is 4.79 Å². The van der Waals surface area contributed by atoms with E-state index in [2.05, 4.69) is 15.5 Å². The van der Waals surface area contributed by atoms with E-state index in [1.165, 1.54) is 25.7 Å². The summed E-state index contributed by atoms with van der Waals surface area (Å²) in [6.07, 6.45) is 6.79. The van der Waals surface area contributed by atoms with Gasteiger partial charge in [-0.1, -0.05) is 0 Å². The first kappa shape index (κ1) is 14.9. The summed E-state index contributed by atoms with van der Waals surface area (Å²) < 4.78 is 7.78. The molecule has 2 heterocycles. The fraction of sp³-hybridized carbons (Fsp3) is 0.812.